The molecule has 0 unspecified atom stereocenters. The molecular weight excluding hydrogens is 382 g/mol. The van der Waals surface area contributed by atoms with E-state index in [1.54, 1.807) is 0 Å². The van der Waals surface area contributed by atoms with Gasteiger partial charge >= 0.3 is 0 Å². The molecule has 0 amide bonds. The normalized spacial score (nSPS) is 10.6. The number of anilines is 2. The van der Waals surface area contributed by atoms with Crippen molar-refractivity contribution in [2.75, 3.05) is 24.7 Å². The van der Waals surface area contributed by atoms with Crippen molar-refractivity contribution in [3.63, 3.8) is 0 Å². The molecule has 156 valence electrons. The van der Waals surface area contributed by atoms with Crippen molar-refractivity contribution in [2.45, 2.75) is 13.2 Å². The van der Waals surface area contributed by atoms with E-state index in [9.17, 15) is 0 Å². The Bertz CT molecular complexity index is 1120. The molecule has 0 fully saturated rings. The summed E-state index contributed by atoms with van der Waals surface area (Å²) in [6.07, 6.45) is 4.24. The monoisotopic (exact) mass is 410 g/mol. The molecule has 0 saturated carbocycles. The number of ether oxygens (including phenoxy) is 1. The second-order valence-corrected chi connectivity index (χ2v) is 7.88. The number of rotatable bonds is 7. The van der Waals surface area contributed by atoms with Crippen molar-refractivity contribution in [3.05, 3.63) is 108 Å². The van der Waals surface area contributed by atoms with Gasteiger partial charge in [-0.15, -0.1) is 0 Å². The van der Waals surface area contributed by atoms with E-state index < -0.39 is 0 Å². The topological polar surface area (TPSA) is 42.4 Å². The largest absolute Gasteiger partial charge is 0.489 e. The molecule has 4 heteroatoms. The highest BCUT2D eigenvalue weighted by Crippen LogP contribution is 2.22. The fourth-order valence-corrected chi connectivity index (χ4v) is 3.43. The number of benzene rings is 3. The van der Waals surface area contributed by atoms with E-state index >= 15 is 0 Å². The minimum absolute atomic E-state index is 0.520. The predicted octanol–water partition coefficient (Wildman–Crippen LogP) is 4.92. The Morgan fingerprint density at radius 3 is 1.97 bits per heavy atom. The quantitative estimate of drug-likeness (QED) is 0.347. The Kier molecular flexibility index (Phi) is 6.18. The molecule has 3 aromatic carbocycles. The van der Waals surface area contributed by atoms with E-state index in [1.165, 1.54) is 22.4 Å². The summed E-state index contributed by atoms with van der Waals surface area (Å²) in [7, 11) is 4.11. The van der Waals surface area contributed by atoms with E-state index in [4.69, 9.17) is 10.5 Å². The minimum Gasteiger partial charge on any atom is -0.489 e. The molecule has 0 spiro atoms. The van der Waals surface area contributed by atoms with Crippen LogP contribution in [0.5, 0.6) is 5.75 Å². The molecule has 1 heterocycles. The zero-order valence-corrected chi connectivity index (χ0v) is 18.0. The predicted molar refractivity (Wildman–Crippen MR) is 127 cm³/mol. The first kappa shape index (κ1) is 20.5. The van der Waals surface area contributed by atoms with E-state index in [2.05, 4.69) is 96.6 Å². The summed E-state index contributed by atoms with van der Waals surface area (Å²) in [5, 5.41) is 0. The lowest BCUT2D eigenvalue weighted by atomic mass is 10.0. The van der Waals surface area contributed by atoms with E-state index in [0.717, 1.165) is 17.9 Å². The van der Waals surface area contributed by atoms with Crippen LogP contribution in [0.1, 0.15) is 11.1 Å². The van der Waals surface area contributed by atoms with E-state index in [-0.39, 0.29) is 0 Å². The zero-order chi connectivity index (χ0) is 21.6. The van der Waals surface area contributed by atoms with Gasteiger partial charge in [-0.2, -0.15) is 0 Å². The molecule has 4 nitrogen and oxygen atoms in total. The van der Waals surface area contributed by atoms with E-state index in [1.807, 2.05) is 24.3 Å². The number of hydrogen-bond acceptors (Lipinski definition) is 3. The summed E-state index contributed by atoms with van der Waals surface area (Å²) in [4.78, 5) is 2.11. The Hall–Kier alpha value is -3.79. The lowest BCUT2D eigenvalue weighted by Gasteiger charge is -2.10. The van der Waals surface area contributed by atoms with Gasteiger partial charge in [0.15, 0.2) is 18.9 Å². The van der Waals surface area contributed by atoms with Crippen LogP contribution in [0.25, 0.3) is 11.1 Å². The molecule has 0 aliphatic carbocycles. The molecule has 0 atom stereocenters. The highest BCUT2D eigenvalue weighted by Gasteiger charge is 2.05. The number of aromatic nitrogens is 1. The molecule has 31 heavy (non-hydrogen) atoms. The molecule has 0 aliphatic heterocycles. The Balaban J connectivity index is 1.37. The van der Waals surface area contributed by atoms with Crippen molar-refractivity contribution >= 4 is 11.4 Å². The number of hydrogen-bond donors (Lipinski definition) is 1. The van der Waals surface area contributed by atoms with Crippen molar-refractivity contribution in [2.24, 2.45) is 0 Å². The smallest absolute Gasteiger partial charge is 0.173 e. The molecule has 4 rings (SSSR count). The maximum atomic E-state index is 5.83. The fourth-order valence-electron chi connectivity index (χ4n) is 3.43. The van der Waals surface area contributed by atoms with Crippen molar-refractivity contribution in [3.8, 4) is 16.9 Å². The standard InChI is InChI=1S/C27H28N3O/c1-29(2)26-14-16-30(17-15-26)19-21-6-10-23(11-7-21)24-12-8-22(9-13-24)20-31-27-5-3-4-25(28)18-27/h3-18H,19-20,28H2,1-2H3/q+1. The van der Waals surface area contributed by atoms with Gasteiger partial charge in [-0.3, -0.25) is 0 Å². The molecular formula is C27H28N3O+. The lowest BCUT2D eigenvalue weighted by molar-refractivity contribution is -0.688. The molecule has 0 saturated heterocycles. The summed E-state index contributed by atoms with van der Waals surface area (Å²) in [6, 6.07) is 29.0. The van der Waals surface area contributed by atoms with Crippen LogP contribution in [0.2, 0.25) is 0 Å². The second kappa shape index (κ2) is 9.35. The zero-order valence-electron chi connectivity index (χ0n) is 18.0. The van der Waals surface area contributed by atoms with Crippen molar-refractivity contribution in [1.82, 2.24) is 0 Å². The lowest BCUT2D eigenvalue weighted by Crippen LogP contribution is -2.33. The first-order valence-corrected chi connectivity index (χ1v) is 10.4. The van der Waals surface area contributed by atoms with Crippen LogP contribution in [0, 0.1) is 0 Å². The van der Waals surface area contributed by atoms with Crippen LogP contribution in [0.4, 0.5) is 11.4 Å². The maximum Gasteiger partial charge on any atom is 0.173 e. The second-order valence-electron chi connectivity index (χ2n) is 7.88. The van der Waals surface area contributed by atoms with Crippen LogP contribution in [0.3, 0.4) is 0 Å². The Labute approximate surface area is 184 Å². The molecule has 2 N–H and O–H groups in total. The van der Waals surface area contributed by atoms with Gasteiger partial charge in [0.1, 0.15) is 12.4 Å². The molecule has 0 bridgehead atoms. The van der Waals surface area contributed by atoms with Gasteiger partial charge in [0.25, 0.3) is 0 Å². The van der Waals surface area contributed by atoms with Crippen LogP contribution < -0.4 is 19.9 Å². The molecule has 4 aromatic rings. The summed E-state index contributed by atoms with van der Waals surface area (Å²) >= 11 is 0. The number of pyridine rings is 1. The van der Waals surface area contributed by atoms with Gasteiger partial charge in [-0.25, -0.2) is 4.57 Å². The summed E-state index contributed by atoms with van der Waals surface area (Å²) in [5.74, 6) is 0.786. The summed E-state index contributed by atoms with van der Waals surface area (Å²) in [6.45, 7) is 1.38. The maximum absolute atomic E-state index is 5.83. The number of nitrogens with zero attached hydrogens (tertiary/aromatic N) is 2. The number of nitrogen functional groups attached to an aromatic ring is 1. The first-order valence-electron chi connectivity index (χ1n) is 10.4. The Morgan fingerprint density at radius 1 is 0.774 bits per heavy atom. The van der Waals surface area contributed by atoms with Crippen LogP contribution in [0.15, 0.2) is 97.3 Å². The van der Waals surface area contributed by atoms with Crippen LogP contribution >= 0.6 is 0 Å². The van der Waals surface area contributed by atoms with Crippen LogP contribution in [-0.4, -0.2) is 14.1 Å². The van der Waals surface area contributed by atoms with Gasteiger partial charge < -0.3 is 15.4 Å². The third-order valence-corrected chi connectivity index (χ3v) is 5.26. The summed E-state index contributed by atoms with van der Waals surface area (Å²) < 4.78 is 8.02. The minimum atomic E-state index is 0.520. The van der Waals surface area contributed by atoms with Crippen molar-refractivity contribution in [1.29, 1.82) is 0 Å². The third kappa shape index (κ3) is 5.43. The highest BCUT2D eigenvalue weighted by atomic mass is 16.5. The average molecular weight is 411 g/mol. The third-order valence-electron chi connectivity index (χ3n) is 5.26. The van der Waals surface area contributed by atoms with Crippen LogP contribution in [-0.2, 0) is 13.2 Å². The van der Waals surface area contributed by atoms with Gasteiger partial charge in [0.2, 0.25) is 0 Å². The van der Waals surface area contributed by atoms with Gasteiger partial charge in [0.05, 0.1) is 0 Å². The van der Waals surface area contributed by atoms with Gasteiger partial charge in [-0.05, 0) is 28.8 Å². The fraction of sp³-hybridized carbons (Fsp3) is 0.148. The van der Waals surface area contributed by atoms with E-state index in [0.29, 0.717) is 12.3 Å². The SMILES string of the molecule is CN(C)c1cc[n+](Cc2ccc(-c3ccc(COc4cccc(N)c4)cc3)cc2)cc1. The van der Waals surface area contributed by atoms with Crippen molar-refractivity contribution < 1.29 is 9.30 Å². The molecule has 1 aromatic heterocycles. The van der Waals surface area contributed by atoms with Gasteiger partial charge in [0, 0.05) is 49.2 Å². The first-order chi connectivity index (χ1) is 15.1. The van der Waals surface area contributed by atoms with Gasteiger partial charge in [-0.1, -0.05) is 54.6 Å². The Morgan fingerprint density at radius 2 is 1.39 bits per heavy atom. The summed E-state index contributed by atoms with van der Waals surface area (Å²) in [5.41, 5.74) is 12.5. The average Bonchev–Trinajstić information content (AvgIpc) is 2.79. The number of nitrogens with two attached hydrogens (primary N) is 1. The highest BCUT2D eigenvalue weighted by molar-refractivity contribution is 5.64. The molecule has 0 radical (unpaired) electrons. The molecule has 0 aliphatic rings.